The minimum Gasteiger partial charge on any atom is -0.435 e. The molecule has 3 heterocycles. The molecule has 4 rings (SSSR count). The quantitative estimate of drug-likeness (QED) is 0.531. The summed E-state index contributed by atoms with van der Waals surface area (Å²) in [5.41, 5.74) is 0.544. The van der Waals surface area contributed by atoms with E-state index in [-0.39, 0.29) is 35.6 Å². The zero-order valence-corrected chi connectivity index (χ0v) is 20.0. The van der Waals surface area contributed by atoms with Gasteiger partial charge >= 0.3 is 6.61 Å². The third-order valence-electron chi connectivity index (χ3n) is 5.46. The molecule has 2 aliphatic heterocycles. The molecular formula is C23H21F2N3O5S2. The van der Waals surface area contributed by atoms with E-state index in [4.69, 9.17) is 0 Å². The number of hydrogen-bond donors (Lipinski definition) is 1. The first-order valence-electron chi connectivity index (χ1n) is 10.8. The molecule has 0 radical (unpaired) electrons. The number of rotatable bonds is 8. The molecule has 8 nitrogen and oxygen atoms in total. The first kappa shape index (κ1) is 24.9. The number of hydrogen-bond acceptors (Lipinski definition) is 7. The molecule has 2 fully saturated rings. The van der Waals surface area contributed by atoms with Gasteiger partial charge in [-0.3, -0.25) is 24.1 Å². The molecule has 2 aromatic rings. The van der Waals surface area contributed by atoms with Crippen LogP contribution in [0.3, 0.4) is 0 Å². The van der Waals surface area contributed by atoms with Gasteiger partial charge in [0.1, 0.15) is 11.8 Å². The number of halogens is 2. The summed E-state index contributed by atoms with van der Waals surface area (Å²) in [7, 11) is 0. The molecule has 2 aliphatic rings. The van der Waals surface area contributed by atoms with Crippen molar-refractivity contribution in [3.05, 3.63) is 57.1 Å². The Labute approximate surface area is 207 Å². The average Bonchev–Trinajstić information content (AvgIpc) is 3.58. The summed E-state index contributed by atoms with van der Waals surface area (Å²) >= 11 is 2.08. The molecule has 35 heavy (non-hydrogen) atoms. The lowest BCUT2D eigenvalue weighted by Crippen LogP contribution is -2.47. The van der Waals surface area contributed by atoms with Crippen LogP contribution in [0.4, 0.5) is 13.6 Å². The Balaban J connectivity index is 1.31. The highest BCUT2D eigenvalue weighted by Gasteiger charge is 2.37. The predicted octanol–water partition coefficient (Wildman–Crippen LogP) is 3.81. The zero-order chi connectivity index (χ0) is 24.9. The van der Waals surface area contributed by atoms with Gasteiger partial charge in [0.05, 0.1) is 9.78 Å². The Morgan fingerprint density at radius 3 is 2.66 bits per heavy atom. The zero-order valence-electron chi connectivity index (χ0n) is 18.3. The van der Waals surface area contributed by atoms with Crippen LogP contribution in [0, 0.1) is 0 Å². The van der Waals surface area contributed by atoms with Gasteiger partial charge in [-0.1, -0.05) is 18.2 Å². The van der Waals surface area contributed by atoms with Crippen molar-refractivity contribution in [1.29, 1.82) is 0 Å². The number of carbonyl (C=O) groups is 4. The molecule has 0 unspecified atom stereocenters. The molecule has 0 aliphatic carbocycles. The first-order valence-corrected chi connectivity index (χ1v) is 12.5. The van der Waals surface area contributed by atoms with Gasteiger partial charge in [0.25, 0.3) is 17.1 Å². The number of amides is 4. The van der Waals surface area contributed by atoms with E-state index >= 15 is 0 Å². The molecular weight excluding hydrogens is 500 g/mol. The van der Waals surface area contributed by atoms with Crippen molar-refractivity contribution in [2.75, 3.05) is 19.6 Å². The van der Waals surface area contributed by atoms with Crippen LogP contribution in [0.1, 0.15) is 28.1 Å². The highest BCUT2D eigenvalue weighted by Crippen LogP contribution is 2.32. The number of nitrogens with zero attached hydrogens (tertiary/aromatic N) is 2. The van der Waals surface area contributed by atoms with Crippen LogP contribution in [-0.2, 0) is 9.59 Å². The van der Waals surface area contributed by atoms with E-state index in [1.807, 2.05) is 0 Å². The standard InChI is InChI=1S/C23H21F2N3O5S2/c24-22(25)33-15-7-5-14(6-8-15)13-18-21(31)28(23(32)35-18)11-9-26-19(29)16-3-1-10-27(16)20(30)17-4-2-12-34-17/h2,4-8,12-13,16,22H,1,3,9-11H2,(H,26,29)/t16-/m0/s1. The summed E-state index contributed by atoms with van der Waals surface area (Å²) in [4.78, 5) is 53.7. The number of benzene rings is 1. The summed E-state index contributed by atoms with van der Waals surface area (Å²) in [6.07, 6.45) is 2.76. The van der Waals surface area contributed by atoms with Crippen LogP contribution in [0.25, 0.3) is 6.08 Å². The van der Waals surface area contributed by atoms with E-state index in [0.29, 0.717) is 23.4 Å². The van der Waals surface area contributed by atoms with Gasteiger partial charge in [0, 0.05) is 19.6 Å². The maximum absolute atomic E-state index is 12.7. The Bertz CT molecular complexity index is 1140. The molecule has 184 valence electrons. The second-order valence-corrected chi connectivity index (χ2v) is 9.65. The summed E-state index contributed by atoms with van der Waals surface area (Å²) in [6, 6.07) is 8.59. The van der Waals surface area contributed by atoms with Gasteiger partial charge < -0.3 is 15.0 Å². The van der Waals surface area contributed by atoms with Gasteiger partial charge in [0.2, 0.25) is 5.91 Å². The number of alkyl halides is 2. The average molecular weight is 522 g/mol. The van der Waals surface area contributed by atoms with Crippen LogP contribution >= 0.6 is 23.1 Å². The molecule has 1 aromatic carbocycles. The summed E-state index contributed by atoms with van der Waals surface area (Å²) in [6.45, 7) is -2.39. The Hall–Kier alpha value is -3.25. The number of likely N-dealkylation sites (tertiary alicyclic amines) is 1. The minimum atomic E-state index is -2.93. The Morgan fingerprint density at radius 2 is 1.97 bits per heavy atom. The van der Waals surface area contributed by atoms with Gasteiger partial charge in [-0.15, -0.1) is 11.3 Å². The van der Waals surface area contributed by atoms with Gasteiger partial charge in [-0.25, -0.2) is 0 Å². The van der Waals surface area contributed by atoms with Crippen LogP contribution < -0.4 is 10.1 Å². The van der Waals surface area contributed by atoms with E-state index in [9.17, 15) is 28.0 Å². The Kier molecular flexibility index (Phi) is 7.81. The molecule has 1 atom stereocenters. The summed E-state index contributed by atoms with van der Waals surface area (Å²) < 4.78 is 28.8. The maximum atomic E-state index is 12.7. The van der Waals surface area contributed by atoms with Crippen LogP contribution in [-0.4, -0.2) is 65.0 Å². The molecule has 4 amide bonds. The highest BCUT2D eigenvalue weighted by atomic mass is 32.2. The van der Waals surface area contributed by atoms with Crippen molar-refractivity contribution >= 4 is 52.1 Å². The topological polar surface area (TPSA) is 96.0 Å². The molecule has 0 bridgehead atoms. The third kappa shape index (κ3) is 5.88. The van der Waals surface area contributed by atoms with Crippen molar-refractivity contribution in [1.82, 2.24) is 15.1 Å². The van der Waals surface area contributed by atoms with E-state index < -0.39 is 23.8 Å². The third-order valence-corrected chi connectivity index (χ3v) is 7.22. The second kappa shape index (κ2) is 11.0. The lowest BCUT2D eigenvalue weighted by atomic mass is 10.2. The van der Waals surface area contributed by atoms with Gasteiger partial charge in [-0.2, -0.15) is 8.78 Å². The number of nitrogens with one attached hydrogen (secondary N) is 1. The maximum Gasteiger partial charge on any atom is 0.387 e. The summed E-state index contributed by atoms with van der Waals surface area (Å²) in [5.74, 6) is -1.01. The van der Waals surface area contributed by atoms with E-state index in [1.54, 1.807) is 22.4 Å². The number of carbonyl (C=O) groups excluding carboxylic acids is 4. The molecule has 12 heteroatoms. The molecule has 1 N–H and O–H groups in total. The Morgan fingerprint density at radius 1 is 1.20 bits per heavy atom. The highest BCUT2D eigenvalue weighted by molar-refractivity contribution is 8.18. The van der Waals surface area contributed by atoms with Crippen LogP contribution in [0.2, 0.25) is 0 Å². The minimum absolute atomic E-state index is 0.0134. The van der Waals surface area contributed by atoms with Crippen molar-refractivity contribution in [2.45, 2.75) is 25.5 Å². The first-order chi connectivity index (χ1) is 16.8. The number of ether oxygens (including phenoxy) is 1. The number of thioether (sulfide) groups is 1. The molecule has 0 saturated carbocycles. The van der Waals surface area contributed by atoms with Crippen LogP contribution in [0.15, 0.2) is 46.7 Å². The van der Waals surface area contributed by atoms with Crippen LogP contribution in [0.5, 0.6) is 5.75 Å². The monoisotopic (exact) mass is 521 g/mol. The van der Waals surface area contributed by atoms with Crippen molar-refractivity contribution < 1.29 is 32.7 Å². The molecule has 0 spiro atoms. The van der Waals surface area contributed by atoms with E-state index in [2.05, 4.69) is 10.1 Å². The fourth-order valence-electron chi connectivity index (χ4n) is 3.82. The number of thiophene rings is 1. The fourth-order valence-corrected chi connectivity index (χ4v) is 5.37. The van der Waals surface area contributed by atoms with Gasteiger partial charge in [0.15, 0.2) is 0 Å². The normalized spacial score (nSPS) is 19.2. The lowest BCUT2D eigenvalue weighted by molar-refractivity contribution is -0.126. The fraction of sp³-hybridized carbons (Fsp3) is 0.304. The second-order valence-electron chi connectivity index (χ2n) is 7.71. The largest absolute Gasteiger partial charge is 0.435 e. The van der Waals surface area contributed by atoms with Crippen molar-refractivity contribution in [3.63, 3.8) is 0 Å². The number of imide groups is 1. The smallest absolute Gasteiger partial charge is 0.387 e. The van der Waals surface area contributed by atoms with E-state index in [1.165, 1.54) is 41.7 Å². The summed E-state index contributed by atoms with van der Waals surface area (Å²) in [5, 5.41) is 4.07. The predicted molar refractivity (Wildman–Crippen MR) is 127 cm³/mol. The van der Waals surface area contributed by atoms with Gasteiger partial charge in [-0.05, 0) is 59.8 Å². The SMILES string of the molecule is O=C(NCCN1C(=O)SC(=Cc2ccc(OC(F)F)cc2)C1=O)[C@@H]1CCCN1C(=O)c1cccs1. The van der Waals surface area contributed by atoms with Crippen molar-refractivity contribution in [2.24, 2.45) is 0 Å². The van der Waals surface area contributed by atoms with Crippen molar-refractivity contribution in [3.8, 4) is 5.75 Å². The molecule has 2 saturated heterocycles. The van der Waals surface area contributed by atoms with E-state index in [0.717, 1.165) is 23.1 Å². The lowest BCUT2D eigenvalue weighted by Gasteiger charge is -2.23. The molecule has 1 aromatic heterocycles.